The number of halogens is 1. The molecule has 136 valence electrons. The van der Waals surface area contributed by atoms with Gasteiger partial charge in [-0.1, -0.05) is 23.7 Å². The van der Waals surface area contributed by atoms with E-state index < -0.39 is 24.4 Å². The molecule has 0 aliphatic carbocycles. The first kappa shape index (κ1) is 19.3. The van der Waals surface area contributed by atoms with E-state index in [2.05, 4.69) is 10.6 Å². The third-order valence-electron chi connectivity index (χ3n) is 3.24. The number of rotatable bonds is 7. The molecule has 0 spiro atoms. The van der Waals surface area contributed by atoms with Gasteiger partial charge >= 0.3 is 5.97 Å². The van der Waals surface area contributed by atoms with Crippen molar-refractivity contribution in [3.05, 3.63) is 59.1 Å². The van der Waals surface area contributed by atoms with Crippen molar-refractivity contribution in [3.63, 3.8) is 0 Å². The topological polar surface area (TPSA) is 93.7 Å². The normalized spacial score (nSPS) is 9.92. The summed E-state index contributed by atoms with van der Waals surface area (Å²) >= 11 is 5.75. The van der Waals surface area contributed by atoms with E-state index >= 15 is 0 Å². The van der Waals surface area contributed by atoms with Gasteiger partial charge in [-0.3, -0.25) is 14.4 Å². The molecule has 0 bridgehead atoms. The highest BCUT2D eigenvalue weighted by atomic mass is 35.5. The summed E-state index contributed by atoms with van der Waals surface area (Å²) in [5.41, 5.74) is 0.822. The monoisotopic (exact) mass is 376 g/mol. The summed E-state index contributed by atoms with van der Waals surface area (Å²) < 4.78 is 9.90. The second-order valence-corrected chi connectivity index (χ2v) is 5.54. The lowest BCUT2D eigenvalue weighted by atomic mass is 10.2. The molecule has 2 amide bonds. The molecular weight excluding hydrogens is 360 g/mol. The van der Waals surface area contributed by atoms with Gasteiger partial charge in [0, 0.05) is 10.7 Å². The van der Waals surface area contributed by atoms with Gasteiger partial charge in [0.25, 0.3) is 11.8 Å². The molecule has 0 atom stereocenters. The van der Waals surface area contributed by atoms with Gasteiger partial charge in [0.05, 0.1) is 12.7 Å². The number of amides is 2. The number of nitrogens with one attached hydrogen (secondary N) is 2. The van der Waals surface area contributed by atoms with Crippen LogP contribution in [0.25, 0.3) is 0 Å². The van der Waals surface area contributed by atoms with Crippen molar-refractivity contribution >= 4 is 35.1 Å². The minimum atomic E-state index is -0.737. The Kier molecular flexibility index (Phi) is 6.99. The van der Waals surface area contributed by atoms with Crippen LogP contribution in [0, 0.1) is 0 Å². The Bertz CT molecular complexity index is 792. The fourth-order valence-corrected chi connectivity index (χ4v) is 2.13. The van der Waals surface area contributed by atoms with Gasteiger partial charge in [0.15, 0.2) is 6.61 Å². The van der Waals surface area contributed by atoms with E-state index in [1.165, 1.54) is 7.11 Å². The number of carbonyl (C=O) groups excluding carboxylic acids is 3. The summed E-state index contributed by atoms with van der Waals surface area (Å²) in [4.78, 5) is 35.4. The van der Waals surface area contributed by atoms with Gasteiger partial charge in [-0.25, -0.2) is 0 Å². The predicted molar refractivity (Wildman–Crippen MR) is 96.4 cm³/mol. The third kappa shape index (κ3) is 5.78. The number of benzene rings is 2. The maximum atomic E-state index is 12.0. The minimum absolute atomic E-state index is 0.295. The fourth-order valence-electron chi connectivity index (χ4n) is 2.01. The van der Waals surface area contributed by atoms with Crippen LogP contribution in [0.2, 0.25) is 5.02 Å². The van der Waals surface area contributed by atoms with E-state index in [9.17, 15) is 14.4 Å². The average Bonchev–Trinajstić information content (AvgIpc) is 2.66. The molecule has 26 heavy (non-hydrogen) atoms. The molecule has 8 heteroatoms. The van der Waals surface area contributed by atoms with E-state index in [1.807, 2.05) is 0 Å². The molecule has 0 fully saturated rings. The Hall–Kier alpha value is -3.06. The molecule has 0 heterocycles. The second-order valence-electron chi connectivity index (χ2n) is 5.10. The molecule has 2 rings (SSSR count). The molecular formula is C18H17ClN2O5. The number of ether oxygens (including phenoxy) is 2. The van der Waals surface area contributed by atoms with Crippen molar-refractivity contribution in [1.29, 1.82) is 0 Å². The first-order chi connectivity index (χ1) is 12.5. The number of hydrogen-bond acceptors (Lipinski definition) is 5. The SMILES string of the molecule is COc1ccccc1C(=O)NCC(=O)OCC(=O)Nc1ccc(Cl)cc1. The van der Waals surface area contributed by atoms with Crippen LogP contribution in [0.5, 0.6) is 5.75 Å². The maximum Gasteiger partial charge on any atom is 0.325 e. The number of hydrogen-bond donors (Lipinski definition) is 2. The van der Waals surface area contributed by atoms with Gasteiger partial charge < -0.3 is 20.1 Å². The maximum absolute atomic E-state index is 12.0. The lowest BCUT2D eigenvalue weighted by molar-refractivity contribution is -0.146. The summed E-state index contributed by atoms with van der Waals surface area (Å²) in [7, 11) is 1.44. The second kappa shape index (κ2) is 9.43. The van der Waals surface area contributed by atoms with E-state index in [1.54, 1.807) is 48.5 Å². The molecule has 0 radical (unpaired) electrons. The van der Waals surface area contributed by atoms with Crippen molar-refractivity contribution in [2.75, 3.05) is 25.6 Å². The first-order valence-corrected chi connectivity index (χ1v) is 7.99. The van der Waals surface area contributed by atoms with Crippen LogP contribution in [-0.2, 0) is 14.3 Å². The van der Waals surface area contributed by atoms with E-state index in [4.69, 9.17) is 21.1 Å². The molecule has 7 nitrogen and oxygen atoms in total. The lowest BCUT2D eigenvalue weighted by Gasteiger charge is -2.09. The van der Waals surface area contributed by atoms with Gasteiger partial charge in [-0.2, -0.15) is 0 Å². The summed E-state index contributed by atoms with van der Waals surface area (Å²) in [5.74, 6) is -1.33. The molecule has 0 aliphatic heterocycles. The standard InChI is InChI=1S/C18H17ClN2O5/c1-25-15-5-3-2-4-14(15)18(24)20-10-17(23)26-11-16(22)21-13-8-6-12(19)7-9-13/h2-9H,10-11H2,1H3,(H,20,24)(H,21,22). The number of esters is 1. The van der Waals surface area contributed by atoms with Crippen LogP contribution < -0.4 is 15.4 Å². The van der Waals surface area contributed by atoms with E-state index in [0.29, 0.717) is 22.0 Å². The van der Waals surface area contributed by atoms with Crippen LogP contribution in [-0.4, -0.2) is 38.0 Å². The van der Waals surface area contributed by atoms with Crippen LogP contribution in [0.1, 0.15) is 10.4 Å². The van der Waals surface area contributed by atoms with Gasteiger partial charge in [0.2, 0.25) is 0 Å². The lowest BCUT2D eigenvalue weighted by Crippen LogP contribution is -2.32. The first-order valence-electron chi connectivity index (χ1n) is 7.62. The molecule has 0 saturated carbocycles. The van der Waals surface area contributed by atoms with Crippen LogP contribution in [0.15, 0.2) is 48.5 Å². The van der Waals surface area contributed by atoms with Crippen LogP contribution >= 0.6 is 11.6 Å². The molecule has 2 aromatic rings. The largest absolute Gasteiger partial charge is 0.496 e. The molecule has 0 unspecified atom stereocenters. The van der Waals surface area contributed by atoms with Crippen molar-refractivity contribution in [2.45, 2.75) is 0 Å². The van der Waals surface area contributed by atoms with E-state index in [-0.39, 0.29) is 6.54 Å². The zero-order chi connectivity index (χ0) is 18.9. The highest BCUT2D eigenvalue weighted by Crippen LogP contribution is 2.16. The van der Waals surface area contributed by atoms with Crippen molar-refractivity contribution in [1.82, 2.24) is 5.32 Å². The zero-order valence-electron chi connectivity index (χ0n) is 14.0. The van der Waals surface area contributed by atoms with Crippen molar-refractivity contribution in [3.8, 4) is 5.75 Å². The average molecular weight is 377 g/mol. The van der Waals surface area contributed by atoms with Crippen molar-refractivity contribution in [2.24, 2.45) is 0 Å². The molecule has 2 aromatic carbocycles. The van der Waals surface area contributed by atoms with Crippen molar-refractivity contribution < 1.29 is 23.9 Å². The van der Waals surface area contributed by atoms with Gasteiger partial charge in [-0.15, -0.1) is 0 Å². The predicted octanol–water partition coefficient (Wildman–Crippen LogP) is 2.26. The summed E-state index contributed by atoms with van der Waals surface area (Å²) in [6.07, 6.45) is 0. The Morgan fingerprint density at radius 1 is 1.04 bits per heavy atom. The van der Waals surface area contributed by atoms with Crippen LogP contribution in [0.3, 0.4) is 0 Å². The molecule has 0 saturated heterocycles. The van der Waals surface area contributed by atoms with Gasteiger partial charge in [-0.05, 0) is 36.4 Å². The molecule has 0 aromatic heterocycles. The Morgan fingerprint density at radius 2 is 1.73 bits per heavy atom. The molecule has 0 aliphatic rings. The number of methoxy groups -OCH3 is 1. The van der Waals surface area contributed by atoms with Crippen LogP contribution in [0.4, 0.5) is 5.69 Å². The number of carbonyl (C=O) groups is 3. The highest BCUT2D eigenvalue weighted by Gasteiger charge is 2.14. The highest BCUT2D eigenvalue weighted by molar-refractivity contribution is 6.30. The minimum Gasteiger partial charge on any atom is -0.496 e. The summed E-state index contributed by atoms with van der Waals surface area (Å²) in [5, 5.41) is 5.51. The quantitative estimate of drug-likeness (QED) is 0.723. The Labute approximate surface area is 155 Å². The molecule has 2 N–H and O–H groups in total. The Balaban J connectivity index is 1.75. The number of anilines is 1. The third-order valence-corrected chi connectivity index (χ3v) is 3.49. The van der Waals surface area contributed by atoms with E-state index in [0.717, 1.165) is 0 Å². The summed E-state index contributed by atoms with van der Waals surface area (Å²) in [6, 6.07) is 13.1. The van der Waals surface area contributed by atoms with Gasteiger partial charge in [0.1, 0.15) is 12.3 Å². The summed E-state index contributed by atoms with van der Waals surface area (Å²) in [6.45, 7) is -0.836. The Morgan fingerprint density at radius 3 is 2.42 bits per heavy atom. The number of para-hydroxylation sites is 1. The fraction of sp³-hybridized carbons (Fsp3) is 0.167. The zero-order valence-corrected chi connectivity index (χ0v) is 14.7. The smallest absolute Gasteiger partial charge is 0.325 e.